The first-order valence-electron chi connectivity index (χ1n) is 14.6. The maximum atomic E-state index is 13.6. The molecule has 48 heavy (non-hydrogen) atoms. The predicted octanol–water partition coefficient (Wildman–Crippen LogP) is 4.76. The predicted molar refractivity (Wildman–Crippen MR) is 180 cm³/mol. The molecule has 230 valence electrons. The second-order valence-corrected chi connectivity index (χ2v) is 11.7. The van der Waals surface area contributed by atoms with Crippen LogP contribution >= 0.6 is 11.3 Å². The van der Waals surface area contributed by atoms with Gasteiger partial charge in [0.2, 0.25) is 0 Å². The van der Waals surface area contributed by atoms with Crippen LogP contribution in [0, 0.1) is 45.3 Å². The number of hydrogen-bond acceptors (Lipinski definition) is 9. The summed E-state index contributed by atoms with van der Waals surface area (Å²) in [6.07, 6.45) is 1.70. The molecule has 1 aromatic heterocycles. The summed E-state index contributed by atoms with van der Waals surface area (Å²) in [5, 5.41) is 39.1. The van der Waals surface area contributed by atoms with Crippen LogP contribution in [0.5, 0.6) is 11.5 Å². The van der Waals surface area contributed by atoms with Gasteiger partial charge in [0.1, 0.15) is 35.2 Å². The van der Waals surface area contributed by atoms with E-state index in [1.54, 1.807) is 78.9 Å². The normalized spacial score (nSPS) is 13.9. The number of benzene rings is 4. The van der Waals surface area contributed by atoms with Crippen LogP contribution < -0.4 is 30.0 Å². The molecule has 1 aliphatic heterocycles. The Morgan fingerprint density at radius 3 is 1.75 bits per heavy atom. The molecule has 1 aliphatic rings. The van der Waals surface area contributed by atoms with E-state index in [4.69, 9.17) is 15.2 Å². The molecule has 6 rings (SSSR count). The van der Waals surface area contributed by atoms with Gasteiger partial charge in [-0.15, -0.1) is 11.3 Å². The Kier molecular flexibility index (Phi) is 8.86. The van der Waals surface area contributed by atoms with Gasteiger partial charge in [0, 0.05) is 11.1 Å². The standard InChI is InChI=1S/C38H24N6O3S/c39-18-26-5-1-3-7-28(26)22-46-30-13-9-24(10-14-30)17-34-37(45)44-36(43)32(20-41)35(33(21-42)38(44)48-34)25-11-15-31(16-12-25)47-23-29-8-4-2-6-27(29)19-40/h1-17,35H,22-23,43H2/b34-17-/t35-/m0/s1. The molecule has 2 N–H and O–H groups in total. The fourth-order valence-corrected chi connectivity index (χ4v) is 6.51. The van der Waals surface area contributed by atoms with Gasteiger partial charge < -0.3 is 15.2 Å². The number of aromatic nitrogens is 1. The van der Waals surface area contributed by atoms with Crippen molar-refractivity contribution in [2.45, 2.75) is 19.1 Å². The van der Waals surface area contributed by atoms with E-state index in [-0.39, 0.29) is 30.2 Å². The lowest BCUT2D eigenvalue weighted by Gasteiger charge is -2.22. The lowest BCUT2D eigenvalue weighted by molar-refractivity contribution is 0.305. The summed E-state index contributed by atoms with van der Waals surface area (Å²) in [5.41, 5.74) is 10.3. The van der Waals surface area contributed by atoms with Crippen LogP contribution in [0.4, 0.5) is 0 Å². The Morgan fingerprint density at radius 1 is 0.708 bits per heavy atom. The summed E-state index contributed by atoms with van der Waals surface area (Å²) in [4.78, 5) is 13.6. The Balaban J connectivity index is 1.29. The molecule has 0 amide bonds. The molecular weight excluding hydrogens is 621 g/mol. The van der Waals surface area contributed by atoms with Crippen LogP contribution in [0.2, 0.25) is 0 Å². The largest absolute Gasteiger partial charge is 0.489 e. The van der Waals surface area contributed by atoms with E-state index in [2.05, 4.69) is 24.3 Å². The van der Waals surface area contributed by atoms with Gasteiger partial charge in [0.25, 0.3) is 5.56 Å². The first-order valence-corrected chi connectivity index (χ1v) is 15.5. The maximum absolute atomic E-state index is 13.6. The number of allylic oxidation sites excluding steroid dienone is 1. The zero-order valence-electron chi connectivity index (χ0n) is 25.3. The van der Waals surface area contributed by atoms with Crippen LogP contribution in [0.3, 0.4) is 0 Å². The van der Waals surface area contributed by atoms with Crippen LogP contribution in [0.15, 0.2) is 107 Å². The van der Waals surface area contributed by atoms with Crippen molar-refractivity contribution in [3.8, 4) is 35.8 Å². The van der Waals surface area contributed by atoms with Gasteiger partial charge >= 0.3 is 0 Å². The molecule has 0 radical (unpaired) electrons. The van der Waals surface area contributed by atoms with Gasteiger partial charge in [-0.2, -0.15) is 21.0 Å². The van der Waals surface area contributed by atoms with Crippen molar-refractivity contribution >= 4 is 28.8 Å². The highest BCUT2D eigenvalue weighted by Gasteiger charge is 2.32. The van der Waals surface area contributed by atoms with Crippen molar-refractivity contribution in [1.82, 2.24) is 4.57 Å². The second-order valence-electron chi connectivity index (χ2n) is 10.7. The zero-order chi connectivity index (χ0) is 33.6. The van der Waals surface area contributed by atoms with Crippen molar-refractivity contribution in [3.05, 3.63) is 156 Å². The molecule has 4 aromatic carbocycles. The minimum absolute atomic E-state index is 0.0211. The van der Waals surface area contributed by atoms with E-state index < -0.39 is 11.5 Å². The van der Waals surface area contributed by atoms with E-state index in [1.165, 1.54) is 4.57 Å². The van der Waals surface area contributed by atoms with Gasteiger partial charge in [-0.1, -0.05) is 60.7 Å². The molecule has 0 saturated heterocycles. The van der Waals surface area contributed by atoms with E-state index in [1.807, 2.05) is 24.3 Å². The minimum Gasteiger partial charge on any atom is -0.489 e. The molecule has 0 spiro atoms. The molecular formula is C38H24N6O3S. The summed E-state index contributed by atoms with van der Waals surface area (Å²) in [6.45, 7) is 0.435. The lowest BCUT2D eigenvalue weighted by atomic mass is 9.84. The van der Waals surface area contributed by atoms with E-state index in [0.717, 1.165) is 28.0 Å². The van der Waals surface area contributed by atoms with E-state index in [9.17, 15) is 25.8 Å². The van der Waals surface area contributed by atoms with Crippen LogP contribution in [-0.4, -0.2) is 4.57 Å². The average molecular weight is 645 g/mol. The highest BCUT2D eigenvalue weighted by molar-refractivity contribution is 7.07. The number of nitrogens with zero attached hydrogens (tertiary/aromatic N) is 5. The summed E-state index contributed by atoms with van der Waals surface area (Å²) >= 11 is 1.13. The monoisotopic (exact) mass is 644 g/mol. The zero-order valence-corrected chi connectivity index (χ0v) is 26.1. The number of fused-ring (bicyclic) bond motifs is 1. The van der Waals surface area contributed by atoms with Crippen molar-refractivity contribution in [2.24, 2.45) is 5.73 Å². The third kappa shape index (κ3) is 6.04. The molecule has 0 aliphatic carbocycles. The quantitative estimate of drug-likeness (QED) is 0.253. The van der Waals surface area contributed by atoms with Gasteiger partial charge in [0.15, 0.2) is 0 Å². The molecule has 10 heteroatoms. The first-order chi connectivity index (χ1) is 23.4. The third-order valence-electron chi connectivity index (χ3n) is 7.84. The highest BCUT2D eigenvalue weighted by atomic mass is 32.1. The average Bonchev–Trinajstić information content (AvgIpc) is 3.45. The van der Waals surface area contributed by atoms with Crippen molar-refractivity contribution in [2.75, 3.05) is 0 Å². The van der Waals surface area contributed by atoms with Crippen molar-refractivity contribution in [3.63, 3.8) is 0 Å². The van der Waals surface area contributed by atoms with Gasteiger partial charge in [0.05, 0.1) is 57.0 Å². The number of nitriles is 4. The summed E-state index contributed by atoms with van der Waals surface area (Å²) in [5.74, 6) is 0.345. The highest BCUT2D eigenvalue weighted by Crippen LogP contribution is 2.36. The van der Waals surface area contributed by atoms with Gasteiger partial charge in [-0.05, 0) is 53.6 Å². The van der Waals surface area contributed by atoms with Crippen LogP contribution in [-0.2, 0) is 13.2 Å². The van der Waals surface area contributed by atoms with Crippen molar-refractivity contribution < 1.29 is 9.47 Å². The summed E-state index contributed by atoms with van der Waals surface area (Å²) in [6, 6.07) is 37.2. The van der Waals surface area contributed by atoms with Crippen LogP contribution in [0.25, 0.3) is 17.5 Å². The fourth-order valence-electron chi connectivity index (χ4n) is 5.39. The number of ether oxygens (including phenoxy) is 2. The van der Waals surface area contributed by atoms with Crippen LogP contribution in [0.1, 0.15) is 39.3 Å². The number of nitrogens with two attached hydrogens (primary N) is 1. The lowest BCUT2D eigenvalue weighted by Crippen LogP contribution is -2.38. The number of rotatable bonds is 8. The second kappa shape index (κ2) is 13.6. The number of hydrogen-bond donors (Lipinski definition) is 1. The molecule has 0 bridgehead atoms. The summed E-state index contributed by atoms with van der Waals surface area (Å²) in [7, 11) is 0. The van der Waals surface area contributed by atoms with Gasteiger partial charge in [-0.25, -0.2) is 0 Å². The minimum atomic E-state index is -0.776. The third-order valence-corrected chi connectivity index (χ3v) is 8.95. The van der Waals surface area contributed by atoms with E-state index >= 15 is 0 Å². The molecule has 5 aromatic rings. The molecule has 1 atom stereocenters. The van der Waals surface area contributed by atoms with Gasteiger partial charge in [-0.3, -0.25) is 9.36 Å². The maximum Gasteiger partial charge on any atom is 0.274 e. The molecule has 9 nitrogen and oxygen atoms in total. The smallest absolute Gasteiger partial charge is 0.274 e. The molecule has 0 saturated carbocycles. The van der Waals surface area contributed by atoms with E-state index in [0.29, 0.717) is 37.4 Å². The Bertz CT molecular complexity index is 2430. The Hall–Kier alpha value is -6.85. The molecule has 0 unspecified atom stereocenters. The Labute approximate surface area is 279 Å². The SMILES string of the molecule is N#CC1=C(N)n2c(s/c(=C\c3ccc(OCc4ccccc4C#N)cc3)c2=O)=C(C#N)[C@H]1c1ccc(OCc2ccccc2C#N)cc1. The topological polar surface area (TPSA) is 162 Å². The Morgan fingerprint density at radius 2 is 1.23 bits per heavy atom. The number of thiazole rings is 1. The fraction of sp³-hybridized carbons (Fsp3) is 0.0789. The van der Waals surface area contributed by atoms with Crippen molar-refractivity contribution in [1.29, 1.82) is 21.0 Å². The summed E-state index contributed by atoms with van der Waals surface area (Å²) < 4.78 is 13.7. The molecule has 2 heterocycles. The first kappa shape index (κ1) is 31.1. The molecule has 0 fully saturated rings.